The Balaban J connectivity index is 1.56. The predicted molar refractivity (Wildman–Crippen MR) is 74.4 cm³/mol. The lowest BCUT2D eigenvalue weighted by Crippen LogP contribution is -2.58. The van der Waals surface area contributed by atoms with Gasteiger partial charge in [-0.15, -0.1) is 0 Å². The zero-order valence-corrected chi connectivity index (χ0v) is 11.6. The number of thioether (sulfide) groups is 1. The summed E-state index contributed by atoms with van der Waals surface area (Å²) in [6, 6.07) is 1.97. The second-order valence-electron chi connectivity index (χ2n) is 6.74. The standard InChI is InChI=1S/C15H25NS/c1-2-4-13-11(3-1)7-8-16-14(13)6-5-12-9-17-10-15(12)16/h11-15H,1-10H2/t11?,12-,13+,14-,15-/m1/s1. The molecule has 0 amide bonds. The molecule has 3 heterocycles. The van der Waals surface area contributed by atoms with E-state index in [1.807, 2.05) is 0 Å². The Kier molecular flexibility index (Phi) is 2.92. The molecule has 0 radical (unpaired) electrons. The molecule has 4 fully saturated rings. The second kappa shape index (κ2) is 4.45. The zero-order chi connectivity index (χ0) is 11.2. The predicted octanol–water partition coefficient (Wildman–Crippen LogP) is 3.39. The van der Waals surface area contributed by atoms with Crippen LogP contribution in [0.5, 0.6) is 0 Å². The number of fused-ring (bicyclic) bond motifs is 5. The van der Waals surface area contributed by atoms with E-state index in [1.54, 1.807) is 19.3 Å². The van der Waals surface area contributed by atoms with Gasteiger partial charge in [-0.05, 0) is 55.7 Å². The van der Waals surface area contributed by atoms with Crippen LogP contribution in [-0.4, -0.2) is 35.0 Å². The SMILES string of the molecule is C1CC[C@H]2C(C1)CCN1[C@@H]3CSC[C@H]3CC[C@H]21. The molecule has 0 bridgehead atoms. The van der Waals surface area contributed by atoms with Crippen molar-refractivity contribution in [1.82, 2.24) is 4.90 Å². The van der Waals surface area contributed by atoms with Crippen LogP contribution in [-0.2, 0) is 0 Å². The summed E-state index contributed by atoms with van der Waals surface area (Å²) >= 11 is 2.22. The minimum absolute atomic E-state index is 0.974. The van der Waals surface area contributed by atoms with Gasteiger partial charge in [-0.2, -0.15) is 11.8 Å². The Bertz CT molecular complexity index is 293. The van der Waals surface area contributed by atoms with Crippen LogP contribution in [0.1, 0.15) is 44.9 Å². The third kappa shape index (κ3) is 1.78. The minimum Gasteiger partial charge on any atom is -0.296 e. The average molecular weight is 251 g/mol. The van der Waals surface area contributed by atoms with E-state index in [-0.39, 0.29) is 0 Å². The Morgan fingerprint density at radius 1 is 0.765 bits per heavy atom. The lowest BCUT2D eigenvalue weighted by molar-refractivity contribution is -0.0388. The highest BCUT2D eigenvalue weighted by Crippen LogP contribution is 2.47. The first-order valence-corrected chi connectivity index (χ1v) is 8.92. The van der Waals surface area contributed by atoms with E-state index < -0.39 is 0 Å². The van der Waals surface area contributed by atoms with Gasteiger partial charge in [-0.25, -0.2) is 0 Å². The van der Waals surface area contributed by atoms with Crippen LogP contribution in [0.3, 0.4) is 0 Å². The van der Waals surface area contributed by atoms with E-state index in [4.69, 9.17) is 0 Å². The number of piperidine rings is 2. The minimum atomic E-state index is 0.974. The summed E-state index contributed by atoms with van der Waals surface area (Å²) in [5.74, 6) is 6.15. The summed E-state index contributed by atoms with van der Waals surface area (Å²) in [6.07, 6.45) is 10.7. The smallest absolute Gasteiger partial charge is 0.0225 e. The van der Waals surface area contributed by atoms with Crippen LogP contribution >= 0.6 is 11.8 Å². The van der Waals surface area contributed by atoms with Crippen molar-refractivity contribution in [1.29, 1.82) is 0 Å². The van der Waals surface area contributed by atoms with Gasteiger partial charge in [0.15, 0.2) is 0 Å². The first kappa shape index (κ1) is 11.2. The molecule has 0 aromatic carbocycles. The summed E-state index contributed by atoms with van der Waals surface area (Å²) in [6.45, 7) is 1.44. The molecular weight excluding hydrogens is 226 g/mol. The fourth-order valence-electron chi connectivity index (χ4n) is 5.23. The number of hydrogen-bond acceptors (Lipinski definition) is 2. The van der Waals surface area contributed by atoms with Crippen molar-refractivity contribution < 1.29 is 0 Å². The van der Waals surface area contributed by atoms with Crippen molar-refractivity contribution in [2.75, 3.05) is 18.1 Å². The Labute approximate surface area is 110 Å². The second-order valence-corrected chi connectivity index (χ2v) is 7.82. The molecule has 4 aliphatic rings. The molecule has 96 valence electrons. The number of nitrogens with zero attached hydrogens (tertiary/aromatic N) is 1. The first-order chi connectivity index (χ1) is 8.43. The number of hydrogen-bond donors (Lipinski definition) is 0. The Morgan fingerprint density at radius 2 is 1.71 bits per heavy atom. The molecule has 4 rings (SSSR count). The molecule has 1 unspecified atom stereocenters. The summed E-state index contributed by atoms with van der Waals surface area (Å²) in [5, 5.41) is 0. The Hall–Kier alpha value is 0.310. The average Bonchev–Trinajstić information content (AvgIpc) is 2.86. The monoisotopic (exact) mass is 251 g/mol. The molecule has 1 aliphatic carbocycles. The molecule has 2 heteroatoms. The zero-order valence-electron chi connectivity index (χ0n) is 10.8. The fourth-order valence-corrected chi connectivity index (χ4v) is 6.77. The quantitative estimate of drug-likeness (QED) is 0.649. The van der Waals surface area contributed by atoms with Crippen molar-refractivity contribution in [2.45, 2.75) is 57.0 Å². The molecule has 1 nitrogen and oxygen atoms in total. The van der Waals surface area contributed by atoms with Crippen LogP contribution in [0, 0.1) is 17.8 Å². The third-order valence-electron chi connectivity index (χ3n) is 6.07. The van der Waals surface area contributed by atoms with Crippen molar-refractivity contribution >= 4 is 11.8 Å². The van der Waals surface area contributed by atoms with Crippen molar-refractivity contribution in [2.24, 2.45) is 17.8 Å². The van der Waals surface area contributed by atoms with E-state index in [0.29, 0.717) is 0 Å². The highest BCUT2D eigenvalue weighted by molar-refractivity contribution is 7.99. The molecule has 1 saturated carbocycles. The molecule has 3 aliphatic heterocycles. The van der Waals surface area contributed by atoms with Gasteiger partial charge in [0.1, 0.15) is 0 Å². The molecule has 0 aromatic heterocycles. The van der Waals surface area contributed by atoms with Gasteiger partial charge in [0, 0.05) is 17.8 Å². The fraction of sp³-hybridized carbons (Fsp3) is 1.00. The van der Waals surface area contributed by atoms with Gasteiger partial charge in [0.25, 0.3) is 0 Å². The maximum atomic E-state index is 2.97. The lowest BCUT2D eigenvalue weighted by atomic mass is 9.67. The van der Waals surface area contributed by atoms with Crippen LogP contribution in [0.2, 0.25) is 0 Å². The van der Waals surface area contributed by atoms with E-state index in [2.05, 4.69) is 16.7 Å². The van der Waals surface area contributed by atoms with Crippen LogP contribution in [0.4, 0.5) is 0 Å². The molecule has 5 atom stereocenters. The summed E-state index contributed by atoms with van der Waals surface area (Å²) in [4.78, 5) is 2.97. The summed E-state index contributed by atoms with van der Waals surface area (Å²) < 4.78 is 0. The van der Waals surface area contributed by atoms with Gasteiger partial charge in [0.2, 0.25) is 0 Å². The maximum absolute atomic E-state index is 2.97. The van der Waals surface area contributed by atoms with Crippen LogP contribution in [0.25, 0.3) is 0 Å². The van der Waals surface area contributed by atoms with Gasteiger partial charge in [-0.3, -0.25) is 4.90 Å². The van der Waals surface area contributed by atoms with Crippen molar-refractivity contribution in [3.63, 3.8) is 0 Å². The normalized spacial score (nSPS) is 50.5. The third-order valence-corrected chi connectivity index (χ3v) is 7.31. The first-order valence-electron chi connectivity index (χ1n) is 7.77. The molecule has 0 spiro atoms. The topological polar surface area (TPSA) is 3.24 Å². The van der Waals surface area contributed by atoms with Crippen LogP contribution in [0.15, 0.2) is 0 Å². The van der Waals surface area contributed by atoms with Gasteiger partial charge in [-0.1, -0.05) is 19.3 Å². The highest BCUT2D eigenvalue weighted by Gasteiger charge is 2.47. The molecule has 17 heavy (non-hydrogen) atoms. The lowest BCUT2D eigenvalue weighted by Gasteiger charge is -2.53. The largest absolute Gasteiger partial charge is 0.296 e. The van der Waals surface area contributed by atoms with E-state index in [0.717, 1.165) is 29.8 Å². The summed E-state index contributed by atoms with van der Waals surface area (Å²) in [5.41, 5.74) is 0. The van der Waals surface area contributed by atoms with Gasteiger partial charge in [0.05, 0.1) is 0 Å². The summed E-state index contributed by atoms with van der Waals surface area (Å²) in [7, 11) is 0. The van der Waals surface area contributed by atoms with Gasteiger partial charge < -0.3 is 0 Å². The van der Waals surface area contributed by atoms with Gasteiger partial charge >= 0.3 is 0 Å². The van der Waals surface area contributed by atoms with E-state index in [9.17, 15) is 0 Å². The molecular formula is C15H25NS. The maximum Gasteiger partial charge on any atom is 0.0225 e. The highest BCUT2D eigenvalue weighted by atomic mass is 32.2. The van der Waals surface area contributed by atoms with Crippen molar-refractivity contribution in [3.8, 4) is 0 Å². The van der Waals surface area contributed by atoms with E-state index in [1.165, 1.54) is 43.7 Å². The van der Waals surface area contributed by atoms with Crippen LogP contribution < -0.4 is 0 Å². The molecule has 3 saturated heterocycles. The Morgan fingerprint density at radius 3 is 2.71 bits per heavy atom. The molecule has 0 N–H and O–H groups in total. The van der Waals surface area contributed by atoms with Crippen molar-refractivity contribution in [3.05, 3.63) is 0 Å². The number of rotatable bonds is 0. The van der Waals surface area contributed by atoms with E-state index >= 15 is 0 Å². The molecule has 0 aromatic rings.